The molecule has 0 unspecified atom stereocenters. The maximum atomic E-state index is 5.11. The van der Waals surface area contributed by atoms with Gasteiger partial charge in [0.25, 0.3) is 0 Å². The van der Waals surface area contributed by atoms with Crippen LogP contribution in [0.25, 0.3) is 0 Å². The number of pyridine rings is 1. The van der Waals surface area contributed by atoms with Crippen LogP contribution in [-0.2, 0) is 0 Å². The third kappa shape index (κ3) is 4.06. The molecule has 1 aliphatic rings. The lowest BCUT2D eigenvalue weighted by molar-refractivity contribution is 0.411. The minimum atomic E-state index is 0.826. The highest BCUT2D eigenvalue weighted by Crippen LogP contribution is 2.18. The van der Waals surface area contributed by atoms with Gasteiger partial charge in [-0.25, -0.2) is 4.98 Å². The van der Waals surface area contributed by atoms with E-state index < -0.39 is 0 Å². The fourth-order valence-electron chi connectivity index (χ4n) is 1.49. The van der Waals surface area contributed by atoms with Crippen molar-refractivity contribution in [2.45, 2.75) is 19.8 Å². The zero-order valence-electron chi connectivity index (χ0n) is 10.3. The number of anilines is 1. The van der Waals surface area contributed by atoms with Crippen molar-refractivity contribution in [3.8, 4) is 5.75 Å². The van der Waals surface area contributed by atoms with E-state index in [9.17, 15) is 0 Å². The van der Waals surface area contributed by atoms with Crippen LogP contribution in [-0.4, -0.2) is 32.2 Å². The van der Waals surface area contributed by atoms with E-state index in [0.717, 1.165) is 17.1 Å². The lowest BCUT2D eigenvalue weighted by Gasteiger charge is -2.05. The minimum Gasteiger partial charge on any atom is -0.496 e. The molecule has 1 fully saturated rings. The Labute approximate surface area is 97.4 Å². The normalized spacial score (nSPS) is 13.9. The van der Waals surface area contributed by atoms with Crippen molar-refractivity contribution in [1.82, 2.24) is 10.3 Å². The summed E-state index contributed by atoms with van der Waals surface area (Å²) in [5, 5.41) is 6.16. The molecular weight excluding hydrogens is 202 g/mol. The first-order valence-electron chi connectivity index (χ1n) is 5.67. The molecule has 16 heavy (non-hydrogen) atoms. The van der Waals surface area contributed by atoms with Gasteiger partial charge in [0.15, 0.2) is 0 Å². The van der Waals surface area contributed by atoms with Gasteiger partial charge in [0, 0.05) is 24.9 Å². The molecule has 1 aliphatic heterocycles. The highest BCUT2D eigenvalue weighted by atomic mass is 16.5. The highest BCUT2D eigenvalue weighted by Gasteiger charge is 1.98. The maximum absolute atomic E-state index is 5.11. The monoisotopic (exact) mass is 223 g/mol. The number of hydrogen-bond donors (Lipinski definition) is 2. The van der Waals surface area contributed by atoms with Crippen LogP contribution in [0.3, 0.4) is 0 Å². The Morgan fingerprint density at radius 2 is 2.06 bits per heavy atom. The summed E-state index contributed by atoms with van der Waals surface area (Å²) in [6, 6.07) is 1.87. The van der Waals surface area contributed by atoms with E-state index in [0.29, 0.717) is 0 Å². The van der Waals surface area contributed by atoms with E-state index >= 15 is 0 Å². The average molecular weight is 223 g/mol. The number of ether oxygens (including phenoxy) is 1. The van der Waals surface area contributed by atoms with Crippen LogP contribution >= 0.6 is 0 Å². The quantitative estimate of drug-likeness (QED) is 0.802. The van der Waals surface area contributed by atoms with E-state index in [4.69, 9.17) is 4.74 Å². The first kappa shape index (κ1) is 12.8. The summed E-state index contributed by atoms with van der Waals surface area (Å²) in [6.45, 7) is 4.46. The van der Waals surface area contributed by atoms with Crippen molar-refractivity contribution in [3.63, 3.8) is 0 Å². The molecule has 2 rings (SSSR count). The standard InChI is InChI=1S/C8H12N2O.C4H9N/c1-6-5-10-8(9-2)4-7(6)11-3;1-2-4-5-3-1/h4-5H,1-3H3,(H,9,10);5H,1-4H2. The number of rotatable bonds is 2. The Hall–Kier alpha value is -1.29. The predicted octanol–water partition coefficient (Wildman–Crippen LogP) is 1.81. The second-order valence-corrected chi connectivity index (χ2v) is 3.75. The van der Waals surface area contributed by atoms with Gasteiger partial charge in [-0.2, -0.15) is 0 Å². The van der Waals surface area contributed by atoms with Crippen LogP contribution in [0.4, 0.5) is 5.82 Å². The van der Waals surface area contributed by atoms with Crippen molar-refractivity contribution in [2.75, 3.05) is 32.6 Å². The van der Waals surface area contributed by atoms with Crippen LogP contribution in [0.5, 0.6) is 5.75 Å². The summed E-state index contributed by atoms with van der Waals surface area (Å²) < 4.78 is 5.11. The van der Waals surface area contributed by atoms with Crippen molar-refractivity contribution >= 4 is 5.82 Å². The summed E-state index contributed by atoms with van der Waals surface area (Å²) in [4.78, 5) is 4.11. The first-order chi connectivity index (χ1) is 7.77. The Morgan fingerprint density at radius 1 is 1.38 bits per heavy atom. The van der Waals surface area contributed by atoms with E-state index in [-0.39, 0.29) is 0 Å². The molecule has 0 saturated carbocycles. The van der Waals surface area contributed by atoms with Crippen LogP contribution in [0, 0.1) is 6.92 Å². The number of aromatic nitrogens is 1. The Balaban J connectivity index is 0.000000212. The number of hydrogen-bond acceptors (Lipinski definition) is 4. The molecule has 0 atom stereocenters. The third-order valence-corrected chi connectivity index (χ3v) is 2.49. The fourth-order valence-corrected chi connectivity index (χ4v) is 1.49. The van der Waals surface area contributed by atoms with Crippen molar-refractivity contribution in [3.05, 3.63) is 17.8 Å². The number of methoxy groups -OCH3 is 1. The summed E-state index contributed by atoms with van der Waals surface area (Å²) >= 11 is 0. The van der Waals surface area contributed by atoms with Gasteiger partial charge < -0.3 is 15.4 Å². The van der Waals surface area contributed by atoms with Gasteiger partial charge in [-0.3, -0.25) is 0 Å². The predicted molar refractivity (Wildman–Crippen MR) is 67.2 cm³/mol. The largest absolute Gasteiger partial charge is 0.496 e. The molecule has 1 aromatic heterocycles. The van der Waals surface area contributed by atoms with E-state index in [1.165, 1.54) is 25.9 Å². The molecule has 1 saturated heterocycles. The second-order valence-electron chi connectivity index (χ2n) is 3.75. The molecule has 4 nitrogen and oxygen atoms in total. The molecule has 0 bridgehead atoms. The lowest BCUT2D eigenvalue weighted by Crippen LogP contribution is -2.03. The van der Waals surface area contributed by atoms with E-state index in [2.05, 4.69) is 15.6 Å². The van der Waals surface area contributed by atoms with Gasteiger partial charge in [-0.15, -0.1) is 0 Å². The number of nitrogens with one attached hydrogen (secondary N) is 2. The smallest absolute Gasteiger partial charge is 0.129 e. The maximum Gasteiger partial charge on any atom is 0.129 e. The minimum absolute atomic E-state index is 0.826. The van der Waals surface area contributed by atoms with Crippen molar-refractivity contribution < 1.29 is 4.74 Å². The molecular formula is C12H21N3O. The van der Waals surface area contributed by atoms with E-state index in [1.54, 1.807) is 13.3 Å². The molecule has 2 heterocycles. The SMILES string of the molecule is C1CCNC1.CNc1cc(OC)c(C)cn1. The molecule has 4 heteroatoms. The van der Waals surface area contributed by atoms with Gasteiger partial charge in [-0.05, 0) is 32.9 Å². The molecule has 0 amide bonds. The van der Waals surface area contributed by atoms with Crippen LogP contribution < -0.4 is 15.4 Å². The zero-order valence-corrected chi connectivity index (χ0v) is 10.3. The van der Waals surface area contributed by atoms with Gasteiger partial charge in [0.1, 0.15) is 11.6 Å². The van der Waals surface area contributed by atoms with Crippen LogP contribution in [0.1, 0.15) is 18.4 Å². The molecule has 90 valence electrons. The Morgan fingerprint density at radius 3 is 2.50 bits per heavy atom. The average Bonchev–Trinajstić information content (AvgIpc) is 2.88. The lowest BCUT2D eigenvalue weighted by atomic mass is 10.3. The molecule has 0 aliphatic carbocycles. The zero-order chi connectivity index (χ0) is 11.8. The molecule has 1 aromatic rings. The summed E-state index contributed by atoms with van der Waals surface area (Å²) in [6.07, 6.45) is 4.56. The van der Waals surface area contributed by atoms with Crippen molar-refractivity contribution in [2.24, 2.45) is 0 Å². The summed E-state index contributed by atoms with van der Waals surface area (Å²) in [7, 11) is 3.48. The van der Waals surface area contributed by atoms with Gasteiger partial charge in [0.05, 0.1) is 7.11 Å². The fraction of sp³-hybridized carbons (Fsp3) is 0.583. The second kappa shape index (κ2) is 7.06. The topological polar surface area (TPSA) is 46.2 Å². The first-order valence-corrected chi connectivity index (χ1v) is 5.67. The third-order valence-electron chi connectivity index (χ3n) is 2.49. The number of aryl methyl sites for hydroxylation is 1. The molecule has 0 aromatic carbocycles. The summed E-state index contributed by atoms with van der Waals surface area (Å²) in [5.41, 5.74) is 1.05. The molecule has 0 radical (unpaired) electrons. The molecule has 0 spiro atoms. The highest BCUT2D eigenvalue weighted by molar-refractivity contribution is 5.43. The van der Waals surface area contributed by atoms with Crippen LogP contribution in [0.2, 0.25) is 0 Å². The van der Waals surface area contributed by atoms with Gasteiger partial charge >= 0.3 is 0 Å². The van der Waals surface area contributed by atoms with E-state index in [1.807, 2.05) is 20.0 Å². The van der Waals surface area contributed by atoms with Crippen molar-refractivity contribution in [1.29, 1.82) is 0 Å². The number of nitrogens with zero attached hydrogens (tertiary/aromatic N) is 1. The van der Waals surface area contributed by atoms with Crippen LogP contribution in [0.15, 0.2) is 12.3 Å². The molecule has 2 N–H and O–H groups in total. The summed E-state index contributed by atoms with van der Waals surface area (Å²) in [5.74, 6) is 1.69. The van der Waals surface area contributed by atoms with Gasteiger partial charge in [-0.1, -0.05) is 0 Å². The Kier molecular flexibility index (Phi) is 5.64. The Bertz CT molecular complexity index is 304. The van der Waals surface area contributed by atoms with Gasteiger partial charge in [0.2, 0.25) is 0 Å².